The van der Waals surface area contributed by atoms with Gasteiger partial charge >= 0.3 is 0 Å². The second-order valence-electron chi connectivity index (χ2n) is 7.42. The van der Waals surface area contributed by atoms with Gasteiger partial charge < -0.3 is 10.2 Å². The summed E-state index contributed by atoms with van der Waals surface area (Å²) in [4.78, 5) is 12.0. The Labute approximate surface area is 172 Å². The molecule has 0 spiro atoms. The maximum absolute atomic E-state index is 4.96. The fraction of sp³-hybridized carbons (Fsp3) is 0.250. The molecule has 5 nitrogen and oxygen atoms in total. The smallest absolute Gasteiger partial charge is 0.162 e. The molecule has 1 atom stereocenters. The Morgan fingerprint density at radius 1 is 1.10 bits per heavy atom. The predicted molar refractivity (Wildman–Crippen MR) is 121 cm³/mol. The van der Waals surface area contributed by atoms with Crippen LogP contribution in [-0.2, 0) is 0 Å². The molecule has 3 aromatic rings. The van der Waals surface area contributed by atoms with Crippen molar-refractivity contribution in [2.75, 3.05) is 18.9 Å². The second-order valence-corrected chi connectivity index (χ2v) is 7.42. The third kappa shape index (κ3) is 3.74. The number of hydrogen-bond acceptors (Lipinski definition) is 5. The molecular weight excluding hydrogens is 358 g/mol. The number of hydrogen-bond donors (Lipinski definition) is 2. The van der Waals surface area contributed by atoms with E-state index >= 15 is 0 Å². The topological polar surface area (TPSA) is 53.1 Å². The number of nitrogens with one attached hydrogen (secondary N) is 2. The van der Waals surface area contributed by atoms with E-state index in [2.05, 4.69) is 60.7 Å². The van der Waals surface area contributed by atoms with Gasteiger partial charge in [-0.2, -0.15) is 0 Å². The number of fused-ring (bicyclic) bond motifs is 1. The van der Waals surface area contributed by atoms with Crippen LogP contribution in [0.25, 0.3) is 28.4 Å². The highest BCUT2D eigenvalue weighted by molar-refractivity contribution is 5.91. The third-order valence-corrected chi connectivity index (χ3v) is 5.39. The molecule has 0 radical (unpaired) electrons. The van der Waals surface area contributed by atoms with Gasteiger partial charge in [-0.15, -0.1) is 0 Å². The lowest BCUT2D eigenvalue weighted by molar-refractivity contribution is 0.260. The van der Waals surface area contributed by atoms with Crippen LogP contribution in [0.15, 0.2) is 66.0 Å². The van der Waals surface area contributed by atoms with Crippen LogP contribution in [0.4, 0.5) is 5.82 Å². The zero-order valence-electron chi connectivity index (χ0n) is 17.4. The molecule has 1 aromatic heterocycles. The monoisotopic (exact) mass is 385 g/mol. The average Bonchev–Trinajstić information content (AvgIpc) is 2.74. The van der Waals surface area contributed by atoms with E-state index in [0.717, 1.165) is 46.0 Å². The second kappa shape index (κ2) is 8.05. The summed E-state index contributed by atoms with van der Waals surface area (Å²) in [7, 11) is 2.09. The van der Waals surface area contributed by atoms with E-state index in [1.807, 2.05) is 43.3 Å². The normalized spacial score (nSPS) is 17.4. The Bertz CT molecular complexity index is 1100. The lowest BCUT2D eigenvalue weighted by atomic mass is 10.1. The first-order chi connectivity index (χ1) is 14.1. The van der Waals surface area contributed by atoms with E-state index in [9.17, 15) is 0 Å². The molecule has 0 saturated heterocycles. The first-order valence-electron chi connectivity index (χ1n) is 10.0. The van der Waals surface area contributed by atoms with Crippen LogP contribution in [0.1, 0.15) is 26.3 Å². The molecule has 2 N–H and O–H groups in total. The standard InChI is InChI=1S/C24H27N5/c1-5-10-18-11-6-7-12-19(18)22-26-21-14-9-8-13-20(21)23(27-22)28-24-16(2)15-25-17(3)29(24)4/h5-14,17,25H,15H2,1-4H3,(H,26,27,28)/b10-5+. The molecule has 1 aliphatic heterocycles. The maximum Gasteiger partial charge on any atom is 0.162 e. The van der Waals surface area contributed by atoms with Gasteiger partial charge in [-0.3, -0.25) is 5.32 Å². The summed E-state index contributed by atoms with van der Waals surface area (Å²) in [5.41, 5.74) is 4.32. The fourth-order valence-corrected chi connectivity index (χ4v) is 3.64. The maximum atomic E-state index is 4.96. The minimum atomic E-state index is 0.254. The van der Waals surface area contributed by atoms with Crippen molar-refractivity contribution in [3.05, 3.63) is 71.6 Å². The Hall–Kier alpha value is -3.18. The summed E-state index contributed by atoms with van der Waals surface area (Å²) >= 11 is 0. The first kappa shape index (κ1) is 19.2. The van der Waals surface area contributed by atoms with E-state index in [-0.39, 0.29) is 6.17 Å². The largest absolute Gasteiger partial charge is 0.346 e. The van der Waals surface area contributed by atoms with Gasteiger partial charge in [-0.05, 0) is 44.0 Å². The number of rotatable bonds is 4. The molecule has 1 unspecified atom stereocenters. The van der Waals surface area contributed by atoms with Crippen molar-refractivity contribution in [2.45, 2.75) is 26.9 Å². The van der Waals surface area contributed by atoms with E-state index in [1.165, 1.54) is 5.57 Å². The van der Waals surface area contributed by atoms with Crippen molar-refractivity contribution in [1.29, 1.82) is 0 Å². The van der Waals surface area contributed by atoms with Gasteiger partial charge in [-0.25, -0.2) is 9.97 Å². The molecule has 29 heavy (non-hydrogen) atoms. The Morgan fingerprint density at radius 3 is 2.69 bits per heavy atom. The summed E-state index contributed by atoms with van der Waals surface area (Å²) in [5.74, 6) is 2.65. The molecular formula is C24H27N5. The van der Waals surface area contributed by atoms with Gasteiger partial charge in [0.05, 0.1) is 11.7 Å². The Kier molecular flexibility index (Phi) is 5.32. The van der Waals surface area contributed by atoms with E-state index in [4.69, 9.17) is 9.97 Å². The van der Waals surface area contributed by atoms with Gasteiger partial charge in [-0.1, -0.05) is 48.6 Å². The molecule has 2 aromatic carbocycles. The highest BCUT2D eigenvalue weighted by Gasteiger charge is 2.21. The highest BCUT2D eigenvalue weighted by atomic mass is 15.3. The summed E-state index contributed by atoms with van der Waals surface area (Å²) in [6.45, 7) is 7.18. The first-order valence-corrected chi connectivity index (χ1v) is 10.0. The third-order valence-electron chi connectivity index (χ3n) is 5.39. The fourth-order valence-electron chi connectivity index (χ4n) is 3.64. The number of benzene rings is 2. The lowest BCUT2D eigenvalue weighted by Gasteiger charge is -2.36. The van der Waals surface area contributed by atoms with Crippen molar-refractivity contribution < 1.29 is 0 Å². The number of aromatic nitrogens is 2. The molecule has 148 valence electrons. The number of nitrogens with zero attached hydrogens (tertiary/aromatic N) is 3. The van der Waals surface area contributed by atoms with Gasteiger partial charge in [0.1, 0.15) is 11.6 Å². The van der Waals surface area contributed by atoms with E-state index < -0.39 is 0 Å². The van der Waals surface area contributed by atoms with Crippen LogP contribution < -0.4 is 10.6 Å². The Morgan fingerprint density at radius 2 is 1.86 bits per heavy atom. The van der Waals surface area contributed by atoms with Crippen LogP contribution in [0.3, 0.4) is 0 Å². The van der Waals surface area contributed by atoms with Gasteiger partial charge in [0.2, 0.25) is 0 Å². The summed E-state index contributed by atoms with van der Waals surface area (Å²) < 4.78 is 0. The SMILES string of the molecule is C/C=C/c1ccccc1-c1nc(NC2=C(C)CNC(C)N2C)c2ccccc2n1. The number of anilines is 1. The lowest BCUT2D eigenvalue weighted by Crippen LogP contribution is -2.47. The van der Waals surface area contributed by atoms with Crippen LogP contribution >= 0.6 is 0 Å². The molecule has 4 rings (SSSR count). The van der Waals surface area contributed by atoms with Crippen molar-refractivity contribution in [2.24, 2.45) is 0 Å². The van der Waals surface area contributed by atoms with Gasteiger partial charge in [0.25, 0.3) is 0 Å². The van der Waals surface area contributed by atoms with Crippen molar-refractivity contribution in [3.8, 4) is 11.4 Å². The van der Waals surface area contributed by atoms with Crippen LogP contribution in [0.2, 0.25) is 0 Å². The molecule has 5 heteroatoms. The summed E-state index contributed by atoms with van der Waals surface area (Å²) in [6.07, 6.45) is 4.39. The van der Waals surface area contributed by atoms with Crippen LogP contribution in [0, 0.1) is 0 Å². The van der Waals surface area contributed by atoms with Gasteiger partial charge in [0.15, 0.2) is 5.82 Å². The van der Waals surface area contributed by atoms with Crippen LogP contribution in [0.5, 0.6) is 0 Å². The van der Waals surface area contributed by atoms with Gasteiger partial charge in [0, 0.05) is 24.5 Å². The van der Waals surface area contributed by atoms with Crippen molar-refractivity contribution in [3.63, 3.8) is 0 Å². The predicted octanol–water partition coefficient (Wildman–Crippen LogP) is 4.85. The quantitative estimate of drug-likeness (QED) is 0.672. The Balaban J connectivity index is 1.87. The molecule has 0 saturated carbocycles. The minimum Gasteiger partial charge on any atom is -0.346 e. The molecule has 0 bridgehead atoms. The molecule has 0 fully saturated rings. The summed E-state index contributed by atoms with van der Waals surface area (Å²) in [6, 6.07) is 16.4. The summed E-state index contributed by atoms with van der Waals surface area (Å²) in [5, 5.41) is 8.11. The molecule has 2 heterocycles. The van der Waals surface area contributed by atoms with Crippen molar-refractivity contribution in [1.82, 2.24) is 20.2 Å². The molecule has 1 aliphatic rings. The highest BCUT2D eigenvalue weighted by Crippen LogP contribution is 2.29. The zero-order chi connectivity index (χ0) is 20.4. The average molecular weight is 386 g/mol. The van der Waals surface area contributed by atoms with E-state index in [0.29, 0.717) is 0 Å². The molecule has 0 amide bonds. The zero-order valence-corrected chi connectivity index (χ0v) is 17.4. The number of para-hydroxylation sites is 1. The minimum absolute atomic E-state index is 0.254. The number of allylic oxidation sites excluding steroid dienone is 1. The van der Waals surface area contributed by atoms with E-state index in [1.54, 1.807) is 0 Å². The molecule has 0 aliphatic carbocycles. The van der Waals surface area contributed by atoms with Crippen molar-refractivity contribution >= 4 is 22.8 Å². The van der Waals surface area contributed by atoms with Crippen LogP contribution in [-0.4, -0.2) is 34.6 Å².